The molecule has 0 aliphatic carbocycles. The Kier molecular flexibility index (Phi) is 5.62. The summed E-state index contributed by atoms with van der Waals surface area (Å²) < 4.78 is 29.7. The number of primary sulfonamides is 1. The van der Waals surface area contributed by atoms with Gasteiger partial charge in [0.05, 0.1) is 4.90 Å². The minimum Gasteiger partial charge on any atom is -0.453 e. The fraction of sp³-hybridized carbons (Fsp3) is 0.150. The second-order valence-corrected chi connectivity index (χ2v) is 7.93. The molecule has 0 aliphatic heterocycles. The second kappa shape index (κ2) is 7.98. The van der Waals surface area contributed by atoms with Gasteiger partial charge in [-0.2, -0.15) is 0 Å². The number of benzene rings is 1. The number of ether oxygens (including phenoxy) is 1. The number of esters is 1. The van der Waals surface area contributed by atoms with Crippen LogP contribution in [0.1, 0.15) is 32.2 Å². The number of carbonyl (C=O) groups is 2. The Morgan fingerprint density at radius 1 is 1.10 bits per heavy atom. The number of sulfonamides is 1. The molecule has 0 fully saturated rings. The molecule has 1 aromatic carbocycles. The van der Waals surface area contributed by atoms with E-state index >= 15 is 0 Å². The molecular formula is C20H19N3O5S. The average Bonchev–Trinajstić information content (AvgIpc) is 3.00. The van der Waals surface area contributed by atoms with Gasteiger partial charge in [0, 0.05) is 28.8 Å². The van der Waals surface area contributed by atoms with Crippen LogP contribution in [-0.2, 0) is 14.8 Å². The molecular weight excluding hydrogens is 394 g/mol. The first-order chi connectivity index (χ1) is 13.7. The van der Waals surface area contributed by atoms with E-state index in [1.165, 1.54) is 24.4 Å². The summed E-state index contributed by atoms with van der Waals surface area (Å²) in [7, 11) is -3.79. The van der Waals surface area contributed by atoms with Gasteiger partial charge in [0.25, 0.3) is 0 Å². The van der Waals surface area contributed by atoms with Crippen molar-refractivity contribution in [1.82, 2.24) is 9.55 Å². The molecule has 9 heteroatoms. The Balaban J connectivity index is 1.80. The number of pyridine rings is 1. The zero-order valence-corrected chi connectivity index (χ0v) is 16.6. The normalized spacial score (nSPS) is 11.3. The number of rotatable bonds is 6. The molecule has 2 N–H and O–H groups in total. The Morgan fingerprint density at radius 3 is 2.38 bits per heavy atom. The molecule has 0 atom stereocenters. The Morgan fingerprint density at radius 2 is 1.79 bits per heavy atom. The monoisotopic (exact) mass is 413 g/mol. The molecule has 0 saturated carbocycles. The van der Waals surface area contributed by atoms with Crippen molar-refractivity contribution in [3.8, 4) is 5.69 Å². The minimum atomic E-state index is -3.79. The van der Waals surface area contributed by atoms with Crippen LogP contribution in [0.3, 0.4) is 0 Å². The molecule has 2 heterocycles. The van der Waals surface area contributed by atoms with E-state index in [-0.39, 0.29) is 16.4 Å². The first-order valence-electron chi connectivity index (χ1n) is 8.62. The summed E-state index contributed by atoms with van der Waals surface area (Å²) in [5.74, 6) is -1.03. The Bertz CT molecular complexity index is 1170. The first kappa shape index (κ1) is 20.4. The summed E-state index contributed by atoms with van der Waals surface area (Å²) in [6.45, 7) is 3.16. The fourth-order valence-electron chi connectivity index (χ4n) is 2.99. The highest BCUT2D eigenvalue weighted by Gasteiger charge is 2.19. The largest absolute Gasteiger partial charge is 0.453 e. The molecule has 0 aliphatic rings. The van der Waals surface area contributed by atoms with Gasteiger partial charge in [-0.3, -0.25) is 4.79 Å². The van der Waals surface area contributed by atoms with E-state index in [9.17, 15) is 18.0 Å². The summed E-state index contributed by atoms with van der Waals surface area (Å²) in [4.78, 5) is 28.4. The fourth-order valence-corrected chi connectivity index (χ4v) is 3.51. The molecule has 0 unspecified atom stereocenters. The number of nitrogens with two attached hydrogens (primary N) is 1. The smallest absolute Gasteiger partial charge is 0.357 e. The van der Waals surface area contributed by atoms with E-state index in [2.05, 4.69) is 4.98 Å². The number of aryl methyl sites for hydroxylation is 1. The maximum absolute atomic E-state index is 12.6. The lowest BCUT2D eigenvalue weighted by atomic mass is 10.1. The number of hydrogen-bond acceptors (Lipinski definition) is 6. The summed E-state index contributed by atoms with van der Waals surface area (Å²) in [5, 5.41) is 5.12. The number of hydrogen-bond donors (Lipinski definition) is 1. The van der Waals surface area contributed by atoms with Gasteiger partial charge in [-0.1, -0.05) is 6.07 Å². The van der Waals surface area contributed by atoms with Gasteiger partial charge in [-0.15, -0.1) is 0 Å². The number of aromatic nitrogens is 2. The summed E-state index contributed by atoms with van der Waals surface area (Å²) in [5.41, 5.74) is 2.62. The third-order valence-electron chi connectivity index (χ3n) is 4.36. The van der Waals surface area contributed by atoms with E-state index in [1.807, 2.05) is 6.92 Å². The van der Waals surface area contributed by atoms with E-state index in [0.717, 1.165) is 5.69 Å². The van der Waals surface area contributed by atoms with Gasteiger partial charge < -0.3 is 9.30 Å². The van der Waals surface area contributed by atoms with Gasteiger partial charge in [0.15, 0.2) is 6.61 Å². The van der Waals surface area contributed by atoms with Crippen LogP contribution in [-0.4, -0.2) is 36.3 Å². The number of Topliss-reactive ketones (excluding diaryl/α,β-unsaturated/α-hetero) is 1. The van der Waals surface area contributed by atoms with Gasteiger partial charge >= 0.3 is 5.97 Å². The molecule has 0 radical (unpaired) electrons. The van der Waals surface area contributed by atoms with Gasteiger partial charge in [-0.05, 0) is 56.3 Å². The van der Waals surface area contributed by atoms with E-state index < -0.39 is 22.6 Å². The van der Waals surface area contributed by atoms with Crippen molar-refractivity contribution in [2.24, 2.45) is 5.14 Å². The predicted molar refractivity (Wildman–Crippen MR) is 105 cm³/mol. The molecule has 150 valence electrons. The highest BCUT2D eigenvalue weighted by atomic mass is 32.2. The molecule has 3 aromatic rings. The summed E-state index contributed by atoms with van der Waals surface area (Å²) in [6, 6.07) is 12.5. The lowest BCUT2D eigenvalue weighted by Crippen LogP contribution is -2.15. The third-order valence-corrected chi connectivity index (χ3v) is 5.29. The Labute approximate surface area is 168 Å². The van der Waals surface area contributed by atoms with E-state index in [4.69, 9.17) is 9.88 Å². The Hall–Kier alpha value is -3.30. The van der Waals surface area contributed by atoms with Crippen LogP contribution < -0.4 is 5.14 Å². The van der Waals surface area contributed by atoms with Gasteiger partial charge in [0.2, 0.25) is 15.8 Å². The molecule has 8 nitrogen and oxygen atoms in total. The molecule has 0 bridgehead atoms. The van der Waals surface area contributed by atoms with Crippen molar-refractivity contribution in [1.29, 1.82) is 0 Å². The zero-order valence-electron chi connectivity index (χ0n) is 15.8. The van der Waals surface area contributed by atoms with Crippen LogP contribution in [0.5, 0.6) is 0 Å². The minimum absolute atomic E-state index is 0.00134. The standard InChI is InChI=1S/C20H19N3O5S/c1-13-11-17(19(24)12-28-20(25)18-5-3-4-10-22-18)14(2)23(13)15-6-8-16(9-7-15)29(21,26)27/h3-11H,12H2,1-2H3,(H2,21,26,27). The lowest BCUT2D eigenvalue weighted by molar-refractivity contribution is 0.0468. The van der Waals surface area contributed by atoms with Gasteiger partial charge in [0.1, 0.15) is 5.69 Å². The summed E-state index contributed by atoms with van der Waals surface area (Å²) in [6.07, 6.45) is 1.47. The van der Waals surface area contributed by atoms with E-state index in [0.29, 0.717) is 16.9 Å². The van der Waals surface area contributed by atoms with E-state index in [1.54, 1.807) is 41.8 Å². The van der Waals surface area contributed by atoms with Crippen molar-refractivity contribution in [2.45, 2.75) is 18.7 Å². The van der Waals surface area contributed by atoms with Crippen molar-refractivity contribution >= 4 is 21.8 Å². The lowest BCUT2D eigenvalue weighted by Gasteiger charge is -2.10. The molecule has 0 saturated heterocycles. The molecule has 29 heavy (non-hydrogen) atoms. The van der Waals surface area contributed by atoms with Crippen LogP contribution in [0.4, 0.5) is 0 Å². The van der Waals surface area contributed by atoms with Crippen molar-refractivity contribution in [3.63, 3.8) is 0 Å². The SMILES string of the molecule is Cc1cc(C(=O)COC(=O)c2ccccn2)c(C)n1-c1ccc(S(N)(=O)=O)cc1. The van der Waals surface area contributed by atoms with Crippen LogP contribution in [0.15, 0.2) is 59.6 Å². The molecule has 3 rings (SSSR count). The quantitative estimate of drug-likeness (QED) is 0.488. The van der Waals surface area contributed by atoms with Crippen molar-refractivity contribution in [3.05, 3.63) is 77.4 Å². The van der Waals surface area contributed by atoms with Crippen molar-refractivity contribution in [2.75, 3.05) is 6.61 Å². The maximum Gasteiger partial charge on any atom is 0.357 e. The first-order valence-corrected chi connectivity index (χ1v) is 10.2. The zero-order chi connectivity index (χ0) is 21.2. The van der Waals surface area contributed by atoms with Crippen molar-refractivity contribution < 1.29 is 22.7 Å². The van der Waals surface area contributed by atoms with Crippen LogP contribution in [0, 0.1) is 13.8 Å². The topological polar surface area (TPSA) is 121 Å². The molecule has 0 amide bonds. The number of carbonyl (C=O) groups excluding carboxylic acids is 2. The van der Waals surface area contributed by atoms with Crippen LogP contribution in [0.2, 0.25) is 0 Å². The third kappa shape index (κ3) is 4.41. The number of ketones is 1. The van der Waals surface area contributed by atoms with Crippen LogP contribution in [0.25, 0.3) is 5.69 Å². The molecule has 2 aromatic heterocycles. The summed E-state index contributed by atoms with van der Waals surface area (Å²) >= 11 is 0. The predicted octanol–water partition coefficient (Wildman–Crippen LogP) is 2.18. The second-order valence-electron chi connectivity index (χ2n) is 6.37. The maximum atomic E-state index is 12.6. The molecule has 0 spiro atoms. The van der Waals surface area contributed by atoms with Gasteiger partial charge in [-0.25, -0.2) is 23.3 Å². The highest BCUT2D eigenvalue weighted by molar-refractivity contribution is 7.89. The average molecular weight is 413 g/mol. The van der Waals surface area contributed by atoms with Crippen LogP contribution >= 0.6 is 0 Å². The highest BCUT2D eigenvalue weighted by Crippen LogP contribution is 2.22. The number of nitrogens with zero attached hydrogens (tertiary/aromatic N) is 2.